The predicted octanol–water partition coefficient (Wildman–Crippen LogP) is 2.89. The third kappa shape index (κ3) is 3.53. The zero-order chi connectivity index (χ0) is 18.1. The number of allylic oxidation sites excluding steroid dienone is 1. The topological polar surface area (TPSA) is 56.2 Å². The molecule has 26 heavy (non-hydrogen) atoms. The number of hydrogen-bond acceptors (Lipinski definition) is 6. The van der Waals surface area contributed by atoms with Crippen LogP contribution in [0.1, 0.15) is 38.4 Å². The summed E-state index contributed by atoms with van der Waals surface area (Å²) in [5.74, 6) is 1.24. The Bertz CT molecular complexity index is 737. The molecule has 0 bridgehead atoms. The quantitative estimate of drug-likeness (QED) is 0.825. The lowest BCUT2D eigenvalue weighted by atomic mass is 10.1. The first kappa shape index (κ1) is 17.3. The number of ether oxygens (including phenoxy) is 3. The van der Waals surface area contributed by atoms with Crippen molar-refractivity contribution >= 4 is 6.21 Å². The minimum atomic E-state index is -0.359. The summed E-state index contributed by atoms with van der Waals surface area (Å²) >= 11 is 0. The summed E-state index contributed by atoms with van der Waals surface area (Å²) in [4.78, 5) is 10.9. The Kier molecular flexibility index (Phi) is 4.80. The Morgan fingerprint density at radius 1 is 1.35 bits per heavy atom. The third-order valence-corrected chi connectivity index (χ3v) is 5.05. The number of hydrogen-bond donors (Lipinski definition) is 0. The minimum absolute atomic E-state index is 0.0869. The Balaban J connectivity index is 1.41. The molecule has 3 atom stereocenters. The van der Waals surface area contributed by atoms with Crippen LogP contribution < -0.4 is 9.47 Å². The van der Waals surface area contributed by atoms with Crippen molar-refractivity contribution in [2.45, 2.75) is 44.9 Å². The van der Waals surface area contributed by atoms with E-state index in [2.05, 4.69) is 27.9 Å². The maximum absolute atomic E-state index is 14.5. The first-order chi connectivity index (χ1) is 12.6. The molecule has 1 saturated heterocycles. The van der Waals surface area contributed by atoms with Crippen molar-refractivity contribution in [1.29, 1.82) is 0 Å². The first-order valence-electron chi connectivity index (χ1n) is 9.20. The van der Waals surface area contributed by atoms with Gasteiger partial charge in [-0.25, -0.2) is 9.37 Å². The van der Waals surface area contributed by atoms with E-state index in [-0.39, 0.29) is 18.0 Å². The van der Waals surface area contributed by atoms with E-state index in [1.165, 1.54) is 6.07 Å². The molecule has 0 saturated carbocycles. The summed E-state index contributed by atoms with van der Waals surface area (Å²) in [5, 5.41) is 0. The molecular weight excluding hydrogens is 337 g/mol. The van der Waals surface area contributed by atoms with Gasteiger partial charge in [0.15, 0.2) is 5.75 Å². The van der Waals surface area contributed by atoms with E-state index >= 15 is 0 Å². The zero-order valence-corrected chi connectivity index (χ0v) is 15.2. The molecular formula is C19H24FN3O3. The molecule has 1 fully saturated rings. The Hall–Kier alpha value is -2.15. The van der Waals surface area contributed by atoms with Crippen LogP contribution in [0.4, 0.5) is 4.39 Å². The zero-order valence-electron chi connectivity index (χ0n) is 15.2. The van der Waals surface area contributed by atoms with Crippen LogP contribution in [0.15, 0.2) is 22.9 Å². The predicted molar refractivity (Wildman–Crippen MR) is 95.3 cm³/mol. The molecule has 7 heteroatoms. The standard InChI is InChI=1S/C19H24FN3O3/c1-12-3-4-14(10-21-12)26-15-5-6-23(11-15)13(2)18-16(20)9-17-19(22-18)25-8-7-24-17/h4,9-10,12-13,15H,3,5-8,11H2,1-2H3/t12?,13?,15-/m0/s1. The van der Waals surface area contributed by atoms with Crippen molar-refractivity contribution in [1.82, 2.24) is 9.88 Å². The van der Waals surface area contributed by atoms with Gasteiger partial charge in [-0.2, -0.15) is 0 Å². The molecule has 4 rings (SSSR count). The fourth-order valence-corrected chi connectivity index (χ4v) is 3.51. The normalized spacial score (nSPS) is 26.5. The second-order valence-electron chi connectivity index (χ2n) is 7.02. The molecule has 1 aromatic rings. The van der Waals surface area contributed by atoms with Gasteiger partial charge in [-0.1, -0.05) is 0 Å². The number of nitrogens with zero attached hydrogens (tertiary/aromatic N) is 3. The maximum atomic E-state index is 14.5. The van der Waals surface area contributed by atoms with E-state index in [9.17, 15) is 4.39 Å². The molecule has 140 valence electrons. The smallest absolute Gasteiger partial charge is 0.257 e. The lowest BCUT2D eigenvalue weighted by molar-refractivity contribution is 0.124. The van der Waals surface area contributed by atoms with Crippen LogP contribution in [0, 0.1) is 5.82 Å². The lowest BCUT2D eigenvalue weighted by Crippen LogP contribution is -2.28. The van der Waals surface area contributed by atoms with Crippen molar-refractivity contribution in [2.24, 2.45) is 4.99 Å². The highest BCUT2D eigenvalue weighted by Gasteiger charge is 2.31. The van der Waals surface area contributed by atoms with Gasteiger partial charge in [-0.3, -0.25) is 9.89 Å². The van der Waals surface area contributed by atoms with Gasteiger partial charge in [0.2, 0.25) is 0 Å². The molecule has 0 spiro atoms. The van der Waals surface area contributed by atoms with Crippen LogP contribution >= 0.6 is 0 Å². The molecule has 0 radical (unpaired) electrons. The van der Waals surface area contributed by atoms with Gasteiger partial charge in [-0.15, -0.1) is 0 Å². The largest absolute Gasteiger partial charge is 0.488 e. The number of likely N-dealkylation sites (tertiary alicyclic amines) is 1. The van der Waals surface area contributed by atoms with Gasteiger partial charge >= 0.3 is 0 Å². The second-order valence-corrected chi connectivity index (χ2v) is 7.02. The summed E-state index contributed by atoms with van der Waals surface area (Å²) in [6.45, 7) is 6.48. The van der Waals surface area contributed by atoms with E-state index < -0.39 is 0 Å². The average Bonchev–Trinajstić information content (AvgIpc) is 3.11. The van der Waals surface area contributed by atoms with Crippen molar-refractivity contribution in [3.8, 4) is 11.6 Å². The van der Waals surface area contributed by atoms with E-state index in [1.807, 2.05) is 13.1 Å². The number of aromatic nitrogens is 1. The monoisotopic (exact) mass is 361 g/mol. The molecule has 0 aromatic carbocycles. The molecule has 3 aliphatic heterocycles. The fraction of sp³-hybridized carbons (Fsp3) is 0.579. The third-order valence-electron chi connectivity index (χ3n) is 5.05. The lowest BCUT2D eigenvalue weighted by Gasteiger charge is -2.26. The summed E-state index contributed by atoms with van der Waals surface area (Å²) in [7, 11) is 0. The van der Waals surface area contributed by atoms with E-state index in [1.54, 1.807) is 0 Å². The summed E-state index contributed by atoms with van der Waals surface area (Å²) in [6.07, 6.45) is 5.79. The fourth-order valence-electron chi connectivity index (χ4n) is 3.51. The highest BCUT2D eigenvalue weighted by molar-refractivity contribution is 5.77. The number of halogens is 1. The highest BCUT2D eigenvalue weighted by atomic mass is 19.1. The van der Waals surface area contributed by atoms with Crippen molar-refractivity contribution in [2.75, 3.05) is 26.3 Å². The van der Waals surface area contributed by atoms with E-state index in [0.29, 0.717) is 36.6 Å². The van der Waals surface area contributed by atoms with Gasteiger partial charge in [0.1, 0.15) is 30.9 Å². The number of dihydropyridines is 1. The van der Waals surface area contributed by atoms with Crippen molar-refractivity contribution < 1.29 is 18.6 Å². The van der Waals surface area contributed by atoms with E-state index in [0.717, 1.165) is 31.7 Å². The average molecular weight is 361 g/mol. The van der Waals surface area contributed by atoms with E-state index in [4.69, 9.17) is 14.2 Å². The summed E-state index contributed by atoms with van der Waals surface area (Å²) < 4.78 is 31.4. The van der Waals surface area contributed by atoms with Gasteiger partial charge in [0.05, 0.1) is 24.0 Å². The maximum Gasteiger partial charge on any atom is 0.257 e. The molecule has 6 nitrogen and oxygen atoms in total. The van der Waals surface area contributed by atoms with Crippen LogP contribution in [0.5, 0.6) is 11.6 Å². The van der Waals surface area contributed by atoms with Crippen LogP contribution in [0.2, 0.25) is 0 Å². The molecule has 4 heterocycles. The highest BCUT2D eigenvalue weighted by Crippen LogP contribution is 2.34. The minimum Gasteiger partial charge on any atom is -0.488 e. The second kappa shape index (κ2) is 7.23. The number of rotatable bonds is 4. The van der Waals surface area contributed by atoms with Gasteiger partial charge in [0.25, 0.3) is 5.88 Å². The van der Waals surface area contributed by atoms with Crippen LogP contribution in [-0.2, 0) is 4.74 Å². The number of aliphatic imine (C=N–C) groups is 1. The van der Waals surface area contributed by atoms with Crippen molar-refractivity contribution in [3.63, 3.8) is 0 Å². The summed E-state index contributed by atoms with van der Waals surface area (Å²) in [6, 6.07) is 1.54. The van der Waals surface area contributed by atoms with Gasteiger partial charge in [0, 0.05) is 19.2 Å². The number of pyridine rings is 1. The van der Waals surface area contributed by atoms with Crippen LogP contribution in [0.25, 0.3) is 0 Å². The van der Waals surface area contributed by atoms with Gasteiger partial charge < -0.3 is 14.2 Å². The first-order valence-corrected chi connectivity index (χ1v) is 9.20. The molecule has 0 aliphatic carbocycles. The summed E-state index contributed by atoms with van der Waals surface area (Å²) in [5.41, 5.74) is 0.391. The van der Waals surface area contributed by atoms with Crippen LogP contribution in [-0.4, -0.2) is 54.5 Å². The molecule has 3 aliphatic rings. The van der Waals surface area contributed by atoms with Crippen molar-refractivity contribution in [3.05, 3.63) is 29.4 Å². The number of fused-ring (bicyclic) bond motifs is 1. The molecule has 1 aromatic heterocycles. The SMILES string of the molecule is CC1CC=C(O[C@H]2CCN(C(C)c3nc4c(cc3F)OCCO4)C2)C=N1. The Labute approximate surface area is 152 Å². The molecule has 0 N–H and O–H groups in total. The van der Waals surface area contributed by atoms with Crippen LogP contribution in [0.3, 0.4) is 0 Å². The van der Waals surface area contributed by atoms with Gasteiger partial charge in [-0.05, 0) is 32.8 Å². The Morgan fingerprint density at radius 2 is 2.19 bits per heavy atom. The molecule has 2 unspecified atom stereocenters. The Morgan fingerprint density at radius 3 is 3.00 bits per heavy atom. The molecule has 0 amide bonds.